The molecule has 4 nitrogen and oxygen atoms in total. The van der Waals surface area contributed by atoms with Crippen molar-refractivity contribution in [1.82, 2.24) is 10.6 Å². The average Bonchev–Trinajstić information content (AvgIpc) is 3.00. The minimum Gasteiger partial charge on any atom is -0.352 e. The zero-order chi connectivity index (χ0) is 30.4. The van der Waals surface area contributed by atoms with Crippen LogP contribution in [0.15, 0.2) is 24.3 Å². The summed E-state index contributed by atoms with van der Waals surface area (Å²) in [6.07, 6.45) is 32.7. The highest BCUT2D eigenvalue weighted by Gasteiger charge is 2.04. The van der Waals surface area contributed by atoms with E-state index in [2.05, 4.69) is 48.7 Å². The van der Waals surface area contributed by atoms with Gasteiger partial charge in [0.2, 0.25) is 11.8 Å². The van der Waals surface area contributed by atoms with Gasteiger partial charge in [0.15, 0.2) is 0 Å². The number of carbonyl (C=O) groups excluding carboxylic acids is 2. The van der Waals surface area contributed by atoms with Crippen LogP contribution in [0, 0.1) is 0 Å². The Morgan fingerprint density at radius 3 is 0.905 bits per heavy atom. The van der Waals surface area contributed by atoms with Gasteiger partial charge in [-0.1, -0.05) is 179 Å². The minimum absolute atomic E-state index is 0.149. The number of carbonyl (C=O) groups is 2. The number of hydrogen-bond donors (Lipinski definition) is 2. The number of rotatable bonds is 30. The van der Waals surface area contributed by atoms with Crippen LogP contribution >= 0.6 is 0 Å². The molecule has 2 N–H and O–H groups in total. The van der Waals surface area contributed by atoms with Gasteiger partial charge < -0.3 is 10.6 Å². The van der Waals surface area contributed by atoms with Crippen molar-refractivity contribution in [3.05, 3.63) is 35.4 Å². The molecule has 1 aromatic carbocycles. The van der Waals surface area contributed by atoms with E-state index in [0.29, 0.717) is 25.9 Å². The van der Waals surface area contributed by atoms with Crippen molar-refractivity contribution >= 4 is 11.8 Å². The molecule has 2 amide bonds. The fourth-order valence-corrected chi connectivity index (χ4v) is 5.61. The molecule has 0 aliphatic carbocycles. The Labute approximate surface area is 261 Å². The third kappa shape index (κ3) is 24.7. The maximum absolute atomic E-state index is 12.2. The van der Waals surface area contributed by atoms with E-state index in [1.165, 1.54) is 128 Å². The lowest BCUT2D eigenvalue weighted by atomic mass is 10.0. The molecule has 0 fully saturated rings. The average molecular weight is 585 g/mol. The number of hydrogen-bond acceptors (Lipinski definition) is 2. The first-order chi connectivity index (χ1) is 20.7. The van der Waals surface area contributed by atoms with Crippen molar-refractivity contribution < 1.29 is 9.59 Å². The van der Waals surface area contributed by atoms with Crippen LogP contribution in [0.5, 0.6) is 0 Å². The first kappa shape index (κ1) is 38.2. The second kappa shape index (κ2) is 29.2. The number of nitrogens with one attached hydrogen (secondary N) is 2. The van der Waals surface area contributed by atoms with E-state index < -0.39 is 0 Å². The van der Waals surface area contributed by atoms with Crippen molar-refractivity contribution in [2.45, 2.75) is 194 Å². The van der Waals surface area contributed by atoms with Crippen LogP contribution < -0.4 is 10.6 Å². The van der Waals surface area contributed by atoms with Gasteiger partial charge in [0.05, 0.1) is 0 Å². The summed E-state index contributed by atoms with van der Waals surface area (Å²) in [6.45, 7) is 5.69. The highest BCUT2D eigenvalue weighted by Crippen LogP contribution is 2.14. The van der Waals surface area contributed by atoms with Crippen LogP contribution in [0.1, 0.15) is 192 Å². The molecule has 0 spiro atoms. The fourth-order valence-electron chi connectivity index (χ4n) is 5.61. The topological polar surface area (TPSA) is 58.2 Å². The van der Waals surface area contributed by atoms with Crippen LogP contribution in [0.3, 0.4) is 0 Å². The largest absolute Gasteiger partial charge is 0.352 e. The van der Waals surface area contributed by atoms with E-state index in [9.17, 15) is 9.59 Å². The Hall–Kier alpha value is -1.84. The van der Waals surface area contributed by atoms with Gasteiger partial charge >= 0.3 is 0 Å². The molecule has 0 heterocycles. The van der Waals surface area contributed by atoms with Gasteiger partial charge in [-0.2, -0.15) is 0 Å². The monoisotopic (exact) mass is 585 g/mol. The molecule has 0 radical (unpaired) electrons. The Balaban J connectivity index is 1.95. The van der Waals surface area contributed by atoms with E-state index >= 15 is 0 Å². The van der Waals surface area contributed by atoms with E-state index in [4.69, 9.17) is 0 Å². The summed E-state index contributed by atoms with van der Waals surface area (Å²) in [6, 6.07) is 8.21. The van der Waals surface area contributed by atoms with Gasteiger partial charge in [-0.25, -0.2) is 0 Å². The third-order valence-corrected chi connectivity index (χ3v) is 8.52. The highest BCUT2D eigenvalue weighted by atomic mass is 16.2. The standard InChI is InChI=1S/C38H68N2O2/c1-3-5-7-9-11-13-15-17-19-21-23-25-27-37(41)39-33-35-29-31-36(32-30-35)34-40-38(42)28-26-24-22-20-18-16-14-12-10-8-6-4-2/h29-32H,3-28,33-34H2,1-2H3,(H,39,41)(H,40,42). The zero-order valence-corrected chi connectivity index (χ0v) is 27.9. The highest BCUT2D eigenvalue weighted by molar-refractivity contribution is 5.76. The van der Waals surface area contributed by atoms with Gasteiger partial charge in [0.1, 0.15) is 0 Å². The second-order valence-electron chi connectivity index (χ2n) is 12.6. The Bertz CT molecular complexity index is 683. The summed E-state index contributed by atoms with van der Waals surface area (Å²) in [5.41, 5.74) is 2.20. The lowest BCUT2D eigenvalue weighted by Crippen LogP contribution is -2.23. The molecule has 1 aromatic rings. The van der Waals surface area contributed by atoms with Crippen molar-refractivity contribution in [1.29, 1.82) is 0 Å². The summed E-state index contributed by atoms with van der Waals surface area (Å²) in [4.78, 5) is 24.4. The van der Waals surface area contributed by atoms with Crippen LogP contribution in [-0.4, -0.2) is 11.8 Å². The molecule has 0 saturated carbocycles. The Morgan fingerprint density at radius 2 is 0.643 bits per heavy atom. The molecule has 4 heteroatoms. The van der Waals surface area contributed by atoms with Crippen LogP contribution in [-0.2, 0) is 22.7 Å². The molecule has 0 unspecified atom stereocenters. The number of benzene rings is 1. The van der Waals surface area contributed by atoms with Gasteiger partial charge in [-0.3, -0.25) is 9.59 Å². The van der Waals surface area contributed by atoms with Crippen LogP contribution in [0.25, 0.3) is 0 Å². The molecule has 0 aliphatic rings. The fraction of sp³-hybridized carbons (Fsp3) is 0.789. The summed E-state index contributed by atoms with van der Waals surface area (Å²) in [5.74, 6) is 0.299. The SMILES string of the molecule is CCCCCCCCCCCCCCC(=O)NCc1ccc(CNC(=O)CCCCCCCCCCCCCC)cc1. The van der Waals surface area contributed by atoms with E-state index in [1.807, 2.05) is 0 Å². The summed E-state index contributed by atoms with van der Waals surface area (Å²) >= 11 is 0. The molecule has 1 rings (SSSR count). The Morgan fingerprint density at radius 1 is 0.405 bits per heavy atom. The molecular weight excluding hydrogens is 516 g/mol. The molecule has 0 saturated heterocycles. The molecule has 42 heavy (non-hydrogen) atoms. The molecule has 0 atom stereocenters. The second-order valence-corrected chi connectivity index (χ2v) is 12.6. The predicted molar refractivity (Wildman–Crippen MR) is 182 cm³/mol. The van der Waals surface area contributed by atoms with Crippen molar-refractivity contribution in [3.63, 3.8) is 0 Å². The molecule has 242 valence electrons. The maximum Gasteiger partial charge on any atom is 0.220 e. The van der Waals surface area contributed by atoms with Crippen LogP contribution in [0.2, 0.25) is 0 Å². The first-order valence-corrected chi connectivity index (χ1v) is 18.3. The van der Waals surface area contributed by atoms with E-state index in [1.54, 1.807) is 0 Å². The lowest BCUT2D eigenvalue weighted by Gasteiger charge is -2.08. The summed E-state index contributed by atoms with van der Waals surface area (Å²) in [5, 5.41) is 6.11. The number of amides is 2. The van der Waals surface area contributed by atoms with Crippen molar-refractivity contribution in [3.8, 4) is 0 Å². The van der Waals surface area contributed by atoms with Gasteiger partial charge in [0, 0.05) is 25.9 Å². The maximum atomic E-state index is 12.2. The molecular formula is C38H68N2O2. The van der Waals surface area contributed by atoms with Crippen molar-refractivity contribution in [2.75, 3.05) is 0 Å². The number of unbranched alkanes of at least 4 members (excludes halogenated alkanes) is 22. The van der Waals surface area contributed by atoms with Gasteiger partial charge in [-0.15, -0.1) is 0 Å². The minimum atomic E-state index is 0.149. The molecule has 0 aromatic heterocycles. The quantitative estimate of drug-likeness (QED) is 0.0884. The normalized spacial score (nSPS) is 11.1. The van der Waals surface area contributed by atoms with Crippen LogP contribution in [0.4, 0.5) is 0 Å². The zero-order valence-electron chi connectivity index (χ0n) is 27.9. The lowest BCUT2D eigenvalue weighted by molar-refractivity contribution is -0.122. The summed E-state index contributed by atoms with van der Waals surface area (Å²) in [7, 11) is 0. The molecule has 0 bridgehead atoms. The molecule has 0 aliphatic heterocycles. The van der Waals surface area contributed by atoms with E-state index in [0.717, 1.165) is 36.8 Å². The first-order valence-electron chi connectivity index (χ1n) is 18.3. The van der Waals surface area contributed by atoms with Gasteiger partial charge in [0.25, 0.3) is 0 Å². The third-order valence-electron chi connectivity index (χ3n) is 8.52. The van der Waals surface area contributed by atoms with E-state index in [-0.39, 0.29) is 11.8 Å². The smallest absolute Gasteiger partial charge is 0.220 e. The van der Waals surface area contributed by atoms with Crippen molar-refractivity contribution in [2.24, 2.45) is 0 Å². The summed E-state index contributed by atoms with van der Waals surface area (Å²) < 4.78 is 0. The Kier molecular flexibility index (Phi) is 26.6. The van der Waals surface area contributed by atoms with Gasteiger partial charge in [-0.05, 0) is 24.0 Å². The predicted octanol–water partition coefficient (Wildman–Crippen LogP) is 11.1.